The highest BCUT2D eigenvalue weighted by Crippen LogP contribution is 2.32. The highest BCUT2D eigenvalue weighted by Gasteiger charge is 2.10. The molecule has 2 atom stereocenters. The van der Waals surface area contributed by atoms with Crippen LogP contribution in [0.1, 0.15) is 96.8 Å². The Morgan fingerprint density at radius 1 is 0.720 bits per heavy atom. The molecular formula is C19H41O5P. The first-order valence-electron chi connectivity index (χ1n) is 10.2. The van der Waals surface area contributed by atoms with Crippen LogP contribution in [0.25, 0.3) is 0 Å². The number of aliphatic hydroxyl groups excluding tert-OH is 2. The molecule has 0 spiro atoms. The molecule has 0 aromatic heterocycles. The Morgan fingerprint density at radius 2 is 1.16 bits per heavy atom. The lowest BCUT2D eigenvalue weighted by atomic mass is 10.0. The molecule has 0 radical (unpaired) electrons. The van der Waals surface area contributed by atoms with E-state index in [4.69, 9.17) is 19.3 Å². The second-order valence-corrected chi connectivity index (χ2v) is 7.79. The maximum Gasteiger partial charge on any atom is 0.329 e. The van der Waals surface area contributed by atoms with Crippen molar-refractivity contribution in [2.24, 2.45) is 0 Å². The van der Waals surface area contributed by atoms with Crippen molar-refractivity contribution < 1.29 is 24.2 Å². The van der Waals surface area contributed by atoms with Crippen molar-refractivity contribution in [3.05, 3.63) is 0 Å². The second-order valence-electron chi connectivity index (χ2n) is 6.80. The van der Waals surface area contributed by atoms with Crippen LogP contribution < -0.4 is 0 Å². The van der Waals surface area contributed by atoms with Gasteiger partial charge in [0.1, 0.15) is 6.10 Å². The van der Waals surface area contributed by atoms with Gasteiger partial charge in [0.25, 0.3) is 0 Å². The lowest BCUT2D eigenvalue weighted by Crippen LogP contribution is -2.18. The van der Waals surface area contributed by atoms with E-state index in [1.165, 1.54) is 77.0 Å². The summed E-state index contributed by atoms with van der Waals surface area (Å²) in [6.45, 7) is 2.27. The molecule has 0 heterocycles. The van der Waals surface area contributed by atoms with Crippen molar-refractivity contribution in [1.29, 1.82) is 0 Å². The zero-order valence-electron chi connectivity index (χ0n) is 16.2. The summed E-state index contributed by atoms with van der Waals surface area (Å²) < 4.78 is 10.1. The first-order valence-corrected chi connectivity index (χ1v) is 11.4. The predicted molar refractivity (Wildman–Crippen MR) is 104 cm³/mol. The van der Waals surface area contributed by atoms with Crippen LogP contribution in [-0.2, 0) is 9.05 Å². The van der Waals surface area contributed by atoms with Crippen LogP contribution >= 0.6 is 8.60 Å². The van der Waals surface area contributed by atoms with Crippen LogP contribution in [0.4, 0.5) is 0 Å². The quantitative estimate of drug-likeness (QED) is 0.203. The van der Waals surface area contributed by atoms with Gasteiger partial charge in [-0.25, -0.2) is 0 Å². The van der Waals surface area contributed by atoms with Gasteiger partial charge < -0.3 is 24.2 Å². The summed E-state index contributed by atoms with van der Waals surface area (Å²) in [5, 5.41) is 17.7. The van der Waals surface area contributed by atoms with Crippen molar-refractivity contribution in [2.45, 2.75) is 103 Å². The average Bonchev–Trinajstić information content (AvgIpc) is 2.62. The molecule has 6 heteroatoms. The van der Waals surface area contributed by atoms with Gasteiger partial charge >= 0.3 is 8.60 Å². The lowest BCUT2D eigenvalue weighted by molar-refractivity contribution is 0.0456. The summed E-state index contributed by atoms with van der Waals surface area (Å²) in [4.78, 5) is 9.43. The molecule has 0 rings (SSSR count). The van der Waals surface area contributed by atoms with Gasteiger partial charge in [-0.15, -0.1) is 0 Å². The highest BCUT2D eigenvalue weighted by atomic mass is 31.2. The third-order valence-corrected chi connectivity index (χ3v) is 5.06. The first-order chi connectivity index (χ1) is 12.2. The lowest BCUT2D eigenvalue weighted by Gasteiger charge is -2.12. The molecule has 0 aromatic rings. The highest BCUT2D eigenvalue weighted by molar-refractivity contribution is 7.40. The van der Waals surface area contributed by atoms with Crippen LogP contribution in [0, 0.1) is 0 Å². The van der Waals surface area contributed by atoms with E-state index in [1.807, 2.05) is 0 Å². The van der Waals surface area contributed by atoms with E-state index in [1.54, 1.807) is 0 Å². The standard InChI is InChI=1S/C19H41O5P/c1-2-3-4-5-6-7-8-9-10-11-12-13-14-15-16-23-25(22)24-18-19(21)17-20/h19-22H,2-18H2,1H3. The van der Waals surface area contributed by atoms with Crippen LogP contribution in [0.5, 0.6) is 0 Å². The minimum Gasteiger partial charge on any atom is -0.394 e. The van der Waals surface area contributed by atoms with E-state index in [9.17, 15) is 4.89 Å². The van der Waals surface area contributed by atoms with Crippen molar-refractivity contribution in [3.8, 4) is 0 Å². The fourth-order valence-electron chi connectivity index (χ4n) is 2.68. The molecule has 25 heavy (non-hydrogen) atoms. The van der Waals surface area contributed by atoms with Crippen LogP contribution in [0.2, 0.25) is 0 Å². The SMILES string of the molecule is CCCCCCCCCCCCCCCCOP(O)OCC(O)CO. The number of unbranched alkanes of at least 4 members (excludes halogenated alkanes) is 13. The van der Waals surface area contributed by atoms with E-state index in [-0.39, 0.29) is 13.2 Å². The minimum absolute atomic E-state index is 0.0998. The molecule has 152 valence electrons. The molecule has 0 aromatic carbocycles. The summed E-state index contributed by atoms with van der Waals surface area (Å²) in [6, 6.07) is 0. The van der Waals surface area contributed by atoms with Gasteiger partial charge in [-0.1, -0.05) is 90.4 Å². The number of hydrogen-bond donors (Lipinski definition) is 3. The summed E-state index contributed by atoms with van der Waals surface area (Å²) in [6.07, 6.45) is 17.4. The minimum atomic E-state index is -1.93. The van der Waals surface area contributed by atoms with Gasteiger partial charge in [-0.3, -0.25) is 0 Å². The molecule has 0 aliphatic carbocycles. The molecular weight excluding hydrogens is 339 g/mol. The molecule has 0 fully saturated rings. The Balaban J connectivity index is 3.11. The van der Waals surface area contributed by atoms with Gasteiger partial charge in [-0.2, -0.15) is 0 Å². The largest absolute Gasteiger partial charge is 0.394 e. The topological polar surface area (TPSA) is 79.2 Å². The molecule has 3 N–H and O–H groups in total. The Kier molecular flexibility index (Phi) is 20.7. The van der Waals surface area contributed by atoms with Gasteiger partial charge in [0, 0.05) is 0 Å². The van der Waals surface area contributed by atoms with Gasteiger partial charge in [0.2, 0.25) is 0 Å². The zero-order chi connectivity index (χ0) is 18.6. The van der Waals surface area contributed by atoms with E-state index >= 15 is 0 Å². The second kappa shape index (κ2) is 20.5. The molecule has 5 nitrogen and oxygen atoms in total. The predicted octanol–water partition coefficient (Wildman–Crippen LogP) is 5.07. The fraction of sp³-hybridized carbons (Fsp3) is 1.00. The maximum absolute atomic E-state index is 9.43. The van der Waals surface area contributed by atoms with Crippen molar-refractivity contribution >= 4 is 8.60 Å². The molecule has 0 saturated carbocycles. The van der Waals surface area contributed by atoms with E-state index in [0.717, 1.165) is 12.8 Å². The third-order valence-electron chi connectivity index (χ3n) is 4.29. The van der Waals surface area contributed by atoms with Crippen molar-refractivity contribution in [3.63, 3.8) is 0 Å². The summed E-state index contributed by atoms with van der Waals surface area (Å²) in [7, 11) is -1.93. The van der Waals surface area contributed by atoms with Crippen LogP contribution in [-0.4, -0.2) is 41.0 Å². The van der Waals surface area contributed by atoms with E-state index in [2.05, 4.69) is 6.92 Å². The monoisotopic (exact) mass is 380 g/mol. The third kappa shape index (κ3) is 20.4. The smallest absolute Gasteiger partial charge is 0.329 e. The Bertz CT molecular complexity index is 256. The molecule has 0 aliphatic rings. The van der Waals surface area contributed by atoms with Gasteiger partial charge in [-0.05, 0) is 6.42 Å². The number of rotatable bonds is 20. The van der Waals surface area contributed by atoms with Crippen molar-refractivity contribution in [1.82, 2.24) is 0 Å². The first kappa shape index (κ1) is 25.2. The Labute approximate surface area is 156 Å². The molecule has 0 aliphatic heterocycles. The van der Waals surface area contributed by atoms with Crippen LogP contribution in [0.3, 0.4) is 0 Å². The summed E-state index contributed by atoms with van der Waals surface area (Å²) in [5.41, 5.74) is 0. The van der Waals surface area contributed by atoms with Crippen LogP contribution in [0.15, 0.2) is 0 Å². The zero-order valence-corrected chi connectivity index (χ0v) is 17.1. The number of hydrogen-bond acceptors (Lipinski definition) is 5. The molecule has 0 bridgehead atoms. The summed E-state index contributed by atoms with van der Waals surface area (Å²) >= 11 is 0. The maximum atomic E-state index is 9.43. The molecule has 0 amide bonds. The fourth-order valence-corrected chi connectivity index (χ4v) is 3.34. The van der Waals surface area contributed by atoms with Gasteiger partial charge in [0.05, 0.1) is 19.8 Å². The molecule has 0 saturated heterocycles. The van der Waals surface area contributed by atoms with E-state index in [0.29, 0.717) is 6.61 Å². The number of aliphatic hydroxyl groups is 2. The molecule has 2 unspecified atom stereocenters. The average molecular weight is 381 g/mol. The Hall–Kier alpha value is 0.230. The normalized spacial score (nSPS) is 13.9. The summed E-state index contributed by atoms with van der Waals surface area (Å²) in [5.74, 6) is 0. The van der Waals surface area contributed by atoms with Gasteiger partial charge in [0.15, 0.2) is 0 Å². The Morgan fingerprint density at radius 3 is 1.60 bits per heavy atom. The van der Waals surface area contributed by atoms with E-state index < -0.39 is 14.7 Å². The van der Waals surface area contributed by atoms with Crippen molar-refractivity contribution in [2.75, 3.05) is 19.8 Å².